The number of nitrogens with one attached hydrogen (secondary N) is 1. The van der Waals surface area contributed by atoms with Crippen molar-refractivity contribution in [1.29, 1.82) is 0 Å². The number of rotatable bonds is 7. The van der Waals surface area contributed by atoms with E-state index < -0.39 is 0 Å². The highest BCUT2D eigenvalue weighted by Crippen LogP contribution is 2.41. The van der Waals surface area contributed by atoms with Crippen LogP contribution in [-0.2, 0) is 17.3 Å². The van der Waals surface area contributed by atoms with Gasteiger partial charge >= 0.3 is 0 Å². The molecule has 2 rings (SSSR count). The third kappa shape index (κ3) is 6.43. The Balaban J connectivity index is 2.43. The zero-order valence-electron chi connectivity index (χ0n) is 19.8. The van der Waals surface area contributed by atoms with Crippen LogP contribution in [0.25, 0.3) is 0 Å². The van der Waals surface area contributed by atoms with Crippen LogP contribution in [-0.4, -0.2) is 17.4 Å². The SMILES string of the molecule is CC(C)COc1c(C(C)(C)C)cc(CCC(=O)c2[nH]c(Cl)c(Cl)c2Cl)cc1C(C)(C)C. The molecule has 0 fully saturated rings. The summed E-state index contributed by atoms with van der Waals surface area (Å²) in [6, 6.07) is 4.35. The van der Waals surface area contributed by atoms with Gasteiger partial charge in [0.1, 0.15) is 16.6 Å². The number of ketones is 1. The Kier molecular flexibility index (Phi) is 8.22. The summed E-state index contributed by atoms with van der Waals surface area (Å²) < 4.78 is 6.35. The predicted octanol–water partition coefficient (Wildman–Crippen LogP) is 8.42. The molecule has 0 aliphatic carbocycles. The maximum absolute atomic E-state index is 12.8. The first-order valence-corrected chi connectivity index (χ1v) is 11.8. The number of hydrogen-bond acceptors (Lipinski definition) is 2. The van der Waals surface area contributed by atoms with Crippen LogP contribution in [0.1, 0.15) is 89.0 Å². The van der Waals surface area contributed by atoms with E-state index >= 15 is 0 Å². The second-order valence-electron chi connectivity index (χ2n) is 10.6. The summed E-state index contributed by atoms with van der Waals surface area (Å²) in [4.78, 5) is 15.5. The highest BCUT2D eigenvalue weighted by Gasteiger charge is 2.28. The molecule has 0 spiro atoms. The fourth-order valence-electron chi connectivity index (χ4n) is 3.35. The van der Waals surface area contributed by atoms with Crippen molar-refractivity contribution in [2.45, 2.75) is 79.1 Å². The molecule has 2 aromatic rings. The standard InChI is InChI=1S/C25H34Cl3NO2/c1-14(2)13-31-22-16(24(3,4)5)11-15(12-17(22)25(6,7)8)9-10-18(30)21-19(26)20(27)23(28)29-21/h11-12,14,29H,9-10,13H2,1-8H3. The highest BCUT2D eigenvalue weighted by atomic mass is 35.5. The number of aromatic nitrogens is 1. The van der Waals surface area contributed by atoms with E-state index in [0.29, 0.717) is 25.4 Å². The third-order valence-corrected chi connectivity index (χ3v) is 6.32. The summed E-state index contributed by atoms with van der Waals surface area (Å²) in [7, 11) is 0. The lowest BCUT2D eigenvalue weighted by atomic mass is 9.78. The second kappa shape index (κ2) is 9.77. The van der Waals surface area contributed by atoms with Crippen LogP contribution < -0.4 is 4.74 Å². The van der Waals surface area contributed by atoms with E-state index in [2.05, 4.69) is 72.5 Å². The first-order chi connectivity index (χ1) is 14.1. The van der Waals surface area contributed by atoms with Gasteiger partial charge in [0.25, 0.3) is 0 Å². The quantitative estimate of drug-likeness (QED) is 0.399. The summed E-state index contributed by atoms with van der Waals surface area (Å²) in [6.45, 7) is 18.1. The fraction of sp³-hybridized carbons (Fsp3) is 0.560. The van der Waals surface area contributed by atoms with Gasteiger partial charge in [0, 0.05) is 17.5 Å². The van der Waals surface area contributed by atoms with Gasteiger partial charge in [-0.1, -0.05) is 102 Å². The van der Waals surface area contributed by atoms with Gasteiger partial charge in [-0.15, -0.1) is 0 Å². The summed E-state index contributed by atoms with van der Waals surface area (Å²) in [6.07, 6.45) is 0.881. The van der Waals surface area contributed by atoms with Gasteiger partial charge < -0.3 is 9.72 Å². The number of ether oxygens (including phenoxy) is 1. The Morgan fingerprint density at radius 2 is 1.48 bits per heavy atom. The van der Waals surface area contributed by atoms with E-state index in [0.717, 1.165) is 22.4 Å². The van der Waals surface area contributed by atoms with Crippen molar-refractivity contribution < 1.29 is 9.53 Å². The molecule has 0 bridgehead atoms. The van der Waals surface area contributed by atoms with Crippen molar-refractivity contribution in [2.24, 2.45) is 5.92 Å². The molecular weight excluding hydrogens is 453 g/mol. The Morgan fingerprint density at radius 1 is 0.968 bits per heavy atom. The lowest BCUT2D eigenvalue weighted by molar-refractivity contribution is 0.0979. The molecule has 6 heteroatoms. The minimum Gasteiger partial charge on any atom is -0.493 e. The van der Waals surface area contributed by atoms with E-state index in [4.69, 9.17) is 39.5 Å². The van der Waals surface area contributed by atoms with Crippen molar-refractivity contribution in [3.05, 3.63) is 49.7 Å². The van der Waals surface area contributed by atoms with E-state index in [1.165, 1.54) is 0 Å². The van der Waals surface area contributed by atoms with Gasteiger partial charge in [-0.05, 0) is 28.7 Å². The van der Waals surface area contributed by atoms with Crippen LogP contribution in [0, 0.1) is 5.92 Å². The maximum Gasteiger partial charge on any atom is 0.180 e. The summed E-state index contributed by atoms with van der Waals surface area (Å²) in [5.41, 5.74) is 3.48. The van der Waals surface area contributed by atoms with Gasteiger partial charge in [0.15, 0.2) is 5.78 Å². The summed E-state index contributed by atoms with van der Waals surface area (Å²) in [5.74, 6) is 1.28. The average Bonchev–Trinajstić information content (AvgIpc) is 2.90. The largest absolute Gasteiger partial charge is 0.493 e. The van der Waals surface area contributed by atoms with Gasteiger partial charge in [0.2, 0.25) is 0 Å². The Labute approximate surface area is 201 Å². The zero-order valence-corrected chi connectivity index (χ0v) is 22.1. The molecule has 0 aliphatic rings. The fourth-order valence-corrected chi connectivity index (χ4v) is 3.98. The number of benzene rings is 1. The molecule has 0 saturated heterocycles. The zero-order chi connectivity index (χ0) is 23.7. The number of H-pyrrole nitrogens is 1. The van der Waals surface area contributed by atoms with E-state index in [-0.39, 0.29) is 37.5 Å². The summed E-state index contributed by atoms with van der Waals surface area (Å²) in [5, 5.41) is 0.551. The average molecular weight is 487 g/mol. The van der Waals surface area contributed by atoms with Crippen molar-refractivity contribution in [3.63, 3.8) is 0 Å². The normalized spacial score (nSPS) is 12.5. The number of aromatic amines is 1. The first-order valence-electron chi connectivity index (χ1n) is 10.7. The van der Waals surface area contributed by atoms with Crippen LogP contribution in [0.2, 0.25) is 15.2 Å². The van der Waals surface area contributed by atoms with Crippen LogP contribution >= 0.6 is 34.8 Å². The number of halogens is 3. The van der Waals surface area contributed by atoms with Crippen LogP contribution in [0.15, 0.2) is 12.1 Å². The molecule has 1 aromatic carbocycles. The first kappa shape index (κ1) is 26.1. The topological polar surface area (TPSA) is 42.1 Å². The Bertz CT molecular complexity index is 912. The van der Waals surface area contributed by atoms with Gasteiger partial charge in [-0.3, -0.25) is 4.79 Å². The van der Waals surface area contributed by atoms with E-state index in [1.807, 2.05) is 0 Å². The third-order valence-electron chi connectivity index (χ3n) is 5.08. The summed E-state index contributed by atoms with van der Waals surface area (Å²) >= 11 is 18.1. The van der Waals surface area contributed by atoms with Crippen LogP contribution in [0.3, 0.4) is 0 Å². The van der Waals surface area contributed by atoms with Gasteiger partial charge in [-0.25, -0.2) is 0 Å². The molecule has 0 aliphatic heterocycles. The number of Topliss-reactive ketones (excluding diaryl/α,β-unsaturated/α-hetero) is 1. The van der Waals surface area contributed by atoms with Crippen LogP contribution in [0.4, 0.5) is 0 Å². The molecule has 1 N–H and O–H groups in total. The molecule has 1 heterocycles. The lowest BCUT2D eigenvalue weighted by Gasteiger charge is -2.31. The number of hydrogen-bond donors (Lipinski definition) is 1. The Morgan fingerprint density at radius 3 is 1.87 bits per heavy atom. The van der Waals surface area contributed by atoms with Crippen molar-refractivity contribution in [2.75, 3.05) is 6.61 Å². The molecule has 172 valence electrons. The molecule has 0 radical (unpaired) electrons. The van der Waals surface area contributed by atoms with Crippen molar-refractivity contribution in [3.8, 4) is 5.75 Å². The molecule has 0 unspecified atom stereocenters. The Hall–Kier alpha value is -1.16. The van der Waals surface area contributed by atoms with Crippen molar-refractivity contribution >= 4 is 40.6 Å². The number of aryl methyl sites for hydroxylation is 1. The minimum absolute atomic E-state index is 0.101. The monoisotopic (exact) mass is 485 g/mol. The number of carbonyl (C=O) groups excluding carboxylic acids is 1. The lowest BCUT2D eigenvalue weighted by Crippen LogP contribution is -2.21. The predicted molar refractivity (Wildman–Crippen MR) is 133 cm³/mol. The van der Waals surface area contributed by atoms with E-state index in [9.17, 15) is 4.79 Å². The van der Waals surface area contributed by atoms with Crippen molar-refractivity contribution in [1.82, 2.24) is 4.98 Å². The number of carbonyl (C=O) groups is 1. The molecule has 0 saturated carbocycles. The molecule has 3 nitrogen and oxygen atoms in total. The molecule has 31 heavy (non-hydrogen) atoms. The van der Waals surface area contributed by atoms with Gasteiger partial charge in [0.05, 0.1) is 16.7 Å². The minimum atomic E-state index is -0.117. The molecular formula is C25H34Cl3NO2. The van der Waals surface area contributed by atoms with Crippen LogP contribution in [0.5, 0.6) is 5.75 Å². The second-order valence-corrected chi connectivity index (χ2v) is 11.7. The smallest absolute Gasteiger partial charge is 0.180 e. The molecule has 0 atom stereocenters. The van der Waals surface area contributed by atoms with Gasteiger partial charge in [-0.2, -0.15) is 0 Å². The highest BCUT2D eigenvalue weighted by molar-refractivity contribution is 6.49. The van der Waals surface area contributed by atoms with E-state index in [1.54, 1.807) is 0 Å². The molecule has 0 amide bonds. The maximum atomic E-state index is 12.8. The molecule has 1 aromatic heterocycles.